The second kappa shape index (κ2) is 5.94. The van der Waals surface area contributed by atoms with E-state index in [0.717, 1.165) is 29.7 Å². The Morgan fingerprint density at radius 2 is 1.85 bits per heavy atom. The Bertz CT molecular complexity index is 595. The van der Waals surface area contributed by atoms with Gasteiger partial charge in [-0.05, 0) is 25.9 Å². The van der Waals surface area contributed by atoms with Crippen molar-refractivity contribution in [1.29, 1.82) is 0 Å². The van der Waals surface area contributed by atoms with E-state index >= 15 is 0 Å². The van der Waals surface area contributed by atoms with Gasteiger partial charge in [-0.1, -0.05) is 35.9 Å². The average molecular weight is 291 g/mol. The fourth-order valence-electron chi connectivity index (χ4n) is 2.74. The highest BCUT2D eigenvalue weighted by Crippen LogP contribution is 2.27. The summed E-state index contributed by atoms with van der Waals surface area (Å²) in [5, 5.41) is 10.8. The van der Waals surface area contributed by atoms with Gasteiger partial charge in [-0.3, -0.25) is 0 Å². The molecule has 1 aliphatic rings. The molecule has 20 heavy (non-hydrogen) atoms. The first-order valence-corrected chi connectivity index (χ1v) is 7.48. The molecule has 3 rings (SSSR count). The number of likely N-dealkylation sites (tertiary alicyclic amines) is 1. The van der Waals surface area contributed by atoms with E-state index in [2.05, 4.69) is 33.1 Å². The van der Waals surface area contributed by atoms with Crippen molar-refractivity contribution in [3.05, 3.63) is 29.4 Å². The van der Waals surface area contributed by atoms with Gasteiger partial charge in [0.2, 0.25) is 0 Å². The second-order valence-electron chi connectivity index (χ2n) is 5.33. The number of rotatable bonds is 4. The molecule has 1 saturated heterocycles. The zero-order valence-corrected chi connectivity index (χ0v) is 12.5. The van der Waals surface area contributed by atoms with Crippen LogP contribution >= 0.6 is 11.6 Å². The normalized spacial score (nSPS) is 15.9. The summed E-state index contributed by atoms with van der Waals surface area (Å²) in [5.74, 6) is 0.907. The highest BCUT2D eigenvalue weighted by molar-refractivity contribution is 6.34. The summed E-state index contributed by atoms with van der Waals surface area (Å²) < 4.78 is 0. The molecule has 1 aromatic carbocycles. The van der Waals surface area contributed by atoms with Gasteiger partial charge in [0, 0.05) is 30.9 Å². The number of hydrogen-bond acceptors (Lipinski definition) is 4. The van der Waals surface area contributed by atoms with E-state index in [1.54, 1.807) is 0 Å². The fraction of sp³-hybridized carbons (Fsp3) is 0.467. The van der Waals surface area contributed by atoms with Crippen LogP contribution in [-0.2, 0) is 0 Å². The monoisotopic (exact) mass is 290 g/mol. The molecule has 4 nitrogen and oxygen atoms in total. The molecule has 106 valence electrons. The minimum absolute atomic E-state index is 0.470. The first-order valence-electron chi connectivity index (χ1n) is 7.10. The van der Waals surface area contributed by atoms with Crippen LogP contribution in [0.15, 0.2) is 24.3 Å². The standard InChI is InChI=1S/C15H19ClN4/c1-19(10-11-20-8-4-5-9-20)15-13-7-3-2-6-12(13)14(16)17-18-15/h2-3,6-7H,4-5,8-11H2,1H3. The number of aromatic nitrogens is 2. The Labute approximate surface area is 124 Å². The SMILES string of the molecule is CN(CCN1CCCC1)c1nnc(Cl)c2ccccc12. The zero-order valence-electron chi connectivity index (χ0n) is 11.7. The fourth-order valence-corrected chi connectivity index (χ4v) is 2.95. The molecular formula is C15H19ClN4. The number of nitrogens with zero attached hydrogens (tertiary/aromatic N) is 4. The third-order valence-electron chi connectivity index (χ3n) is 3.93. The smallest absolute Gasteiger partial charge is 0.159 e. The quantitative estimate of drug-likeness (QED) is 0.867. The topological polar surface area (TPSA) is 32.3 Å². The summed E-state index contributed by atoms with van der Waals surface area (Å²) in [6.07, 6.45) is 2.65. The molecular weight excluding hydrogens is 272 g/mol. The summed E-state index contributed by atoms with van der Waals surface area (Å²) in [6.45, 7) is 4.48. The van der Waals surface area contributed by atoms with E-state index in [1.807, 2.05) is 18.2 Å². The lowest BCUT2D eigenvalue weighted by atomic mass is 10.2. The highest BCUT2D eigenvalue weighted by atomic mass is 35.5. The van der Waals surface area contributed by atoms with Gasteiger partial charge in [0.25, 0.3) is 0 Å². The van der Waals surface area contributed by atoms with Crippen molar-refractivity contribution >= 4 is 28.2 Å². The molecule has 0 radical (unpaired) electrons. The molecule has 1 aromatic heterocycles. The molecule has 0 atom stereocenters. The number of benzene rings is 1. The van der Waals surface area contributed by atoms with Crippen molar-refractivity contribution < 1.29 is 0 Å². The maximum Gasteiger partial charge on any atom is 0.159 e. The van der Waals surface area contributed by atoms with E-state index in [9.17, 15) is 0 Å². The molecule has 0 N–H and O–H groups in total. The first kappa shape index (κ1) is 13.6. The Balaban J connectivity index is 1.80. The molecule has 0 aliphatic carbocycles. The zero-order chi connectivity index (χ0) is 13.9. The molecule has 1 fully saturated rings. The lowest BCUT2D eigenvalue weighted by Crippen LogP contribution is -2.32. The van der Waals surface area contributed by atoms with Crippen molar-refractivity contribution in [1.82, 2.24) is 15.1 Å². The van der Waals surface area contributed by atoms with Crippen molar-refractivity contribution in [3.8, 4) is 0 Å². The number of halogens is 1. The van der Waals surface area contributed by atoms with Gasteiger partial charge in [0.15, 0.2) is 11.0 Å². The van der Waals surface area contributed by atoms with E-state index in [0.29, 0.717) is 5.15 Å². The van der Waals surface area contributed by atoms with E-state index in [-0.39, 0.29) is 0 Å². The number of anilines is 1. The molecule has 2 heterocycles. The summed E-state index contributed by atoms with van der Waals surface area (Å²) in [5.41, 5.74) is 0. The van der Waals surface area contributed by atoms with Crippen LogP contribution < -0.4 is 4.90 Å². The minimum Gasteiger partial charge on any atom is -0.356 e. The number of likely N-dealkylation sites (N-methyl/N-ethyl adjacent to an activating group) is 1. The molecule has 0 bridgehead atoms. The highest BCUT2D eigenvalue weighted by Gasteiger charge is 2.14. The van der Waals surface area contributed by atoms with E-state index < -0.39 is 0 Å². The van der Waals surface area contributed by atoms with Crippen LogP contribution in [0, 0.1) is 0 Å². The van der Waals surface area contributed by atoms with Gasteiger partial charge in [0.05, 0.1) is 0 Å². The van der Waals surface area contributed by atoms with Crippen LogP contribution in [0.4, 0.5) is 5.82 Å². The molecule has 1 aliphatic heterocycles. The lowest BCUT2D eigenvalue weighted by Gasteiger charge is -2.23. The molecule has 0 amide bonds. The third kappa shape index (κ3) is 2.72. The molecule has 5 heteroatoms. The predicted molar refractivity (Wildman–Crippen MR) is 83.5 cm³/mol. The van der Waals surface area contributed by atoms with Crippen LogP contribution in [0.1, 0.15) is 12.8 Å². The van der Waals surface area contributed by atoms with Gasteiger partial charge in [0.1, 0.15) is 0 Å². The average Bonchev–Trinajstić information content (AvgIpc) is 2.99. The molecule has 0 saturated carbocycles. The van der Waals surface area contributed by atoms with Crippen LogP contribution in [0.2, 0.25) is 5.15 Å². The van der Waals surface area contributed by atoms with Gasteiger partial charge in [-0.15, -0.1) is 10.2 Å². The van der Waals surface area contributed by atoms with Gasteiger partial charge < -0.3 is 9.80 Å². The Hall–Kier alpha value is -1.39. The summed E-state index contributed by atoms with van der Waals surface area (Å²) in [7, 11) is 2.07. The van der Waals surface area contributed by atoms with Crippen molar-refractivity contribution in [3.63, 3.8) is 0 Å². The summed E-state index contributed by atoms with van der Waals surface area (Å²) >= 11 is 6.11. The molecule has 2 aromatic rings. The van der Waals surface area contributed by atoms with Crippen molar-refractivity contribution in [2.24, 2.45) is 0 Å². The van der Waals surface area contributed by atoms with Crippen LogP contribution in [0.5, 0.6) is 0 Å². The van der Waals surface area contributed by atoms with Crippen molar-refractivity contribution in [2.75, 3.05) is 38.1 Å². The van der Waals surface area contributed by atoms with Crippen LogP contribution in [0.3, 0.4) is 0 Å². The van der Waals surface area contributed by atoms with Gasteiger partial charge >= 0.3 is 0 Å². The Morgan fingerprint density at radius 1 is 1.15 bits per heavy atom. The first-order chi connectivity index (χ1) is 9.75. The molecule has 0 spiro atoms. The van der Waals surface area contributed by atoms with Crippen molar-refractivity contribution in [2.45, 2.75) is 12.8 Å². The minimum atomic E-state index is 0.470. The van der Waals surface area contributed by atoms with Gasteiger partial charge in [-0.2, -0.15) is 0 Å². The lowest BCUT2D eigenvalue weighted by molar-refractivity contribution is 0.346. The molecule has 0 unspecified atom stereocenters. The largest absolute Gasteiger partial charge is 0.356 e. The number of fused-ring (bicyclic) bond motifs is 1. The van der Waals surface area contributed by atoms with Crippen LogP contribution in [0.25, 0.3) is 10.8 Å². The predicted octanol–water partition coefficient (Wildman–Crippen LogP) is 2.82. The Morgan fingerprint density at radius 3 is 2.60 bits per heavy atom. The van der Waals surface area contributed by atoms with E-state index in [4.69, 9.17) is 11.6 Å². The maximum absolute atomic E-state index is 6.11. The summed E-state index contributed by atoms with van der Waals surface area (Å²) in [4.78, 5) is 4.67. The van der Waals surface area contributed by atoms with E-state index in [1.165, 1.54) is 25.9 Å². The van der Waals surface area contributed by atoms with Crippen LogP contribution in [-0.4, -0.2) is 48.3 Å². The van der Waals surface area contributed by atoms with Gasteiger partial charge in [-0.25, -0.2) is 0 Å². The third-order valence-corrected chi connectivity index (χ3v) is 4.21. The maximum atomic E-state index is 6.11. The summed E-state index contributed by atoms with van der Waals surface area (Å²) in [6, 6.07) is 8.03. The number of hydrogen-bond donors (Lipinski definition) is 0. The Kier molecular flexibility index (Phi) is 4.03. The second-order valence-corrected chi connectivity index (χ2v) is 5.69.